The van der Waals surface area contributed by atoms with Crippen LogP contribution in [-0.4, -0.2) is 122 Å². The average Bonchev–Trinajstić information content (AvgIpc) is 2.97. The van der Waals surface area contributed by atoms with Crippen molar-refractivity contribution in [2.45, 2.75) is 87.7 Å². The highest BCUT2D eigenvalue weighted by molar-refractivity contribution is 5.76. The van der Waals surface area contributed by atoms with Gasteiger partial charge >= 0.3 is 42.0 Å². The molecule has 8 N–H and O–H groups in total. The average molecular weight is 747 g/mol. The predicted octanol–water partition coefficient (Wildman–Crippen LogP) is 1.06. The maximum Gasteiger partial charge on any atom is 0.416 e. The summed E-state index contributed by atoms with van der Waals surface area (Å²) in [7, 11) is 1.08. The van der Waals surface area contributed by atoms with E-state index in [0.717, 1.165) is 35.9 Å². The van der Waals surface area contributed by atoms with E-state index in [0.29, 0.717) is 19.1 Å². The van der Waals surface area contributed by atoms with Crippen LogP contribution in [0.5, 0.6) is 0 Å². The Labute approximate surface area is 285 Å². The van der Waals surface area contributed by atoms with Gasteiger partial charge in [0.15, 0.2) is 0 Å². The van der Waals surface area contributed by atoms with Crippen molar-refractivity contribution < 1.29 is 81.2 Å². The molecule has 0 saturated carbocycles. The van der Waals surface area contributed by atoms with Gasteiger partial charge in [-0.1, -0.05) is 13.0 Å². The number of allylic oxidation sites excluding steroid dienone is 3. The van der Waals surface area contributed by atoms with E-state index in [-0.39, 0.29) is 11.0 Å². The SMILES string of the molecule is CC(=O)N1C(O)(O)C(O)(O)N(C2CCN(C(=O)N(C)C(C)c3cc(C(F)(F)F)cc(C(F)(F)F)c3)C(C3C=CC(F)=CC3C)C2)C(O)(O)C1(O)O. The van der Waals surface area contributed by atoms with E-state index in [1.54, 1.807) is 0 Å². The molecule has 21 heteroatoms. The molecule has 2 heterocycles. The van der Waals surface area contributed by atoms with Crippen LogP contribution in [0.3, 0.4) is 0 Å². The molecule has 2 saturated heterocycles. The molecule has 0 radical (unpaired) electrons. The Morgan fingerprint density at radius 1 is 0.882 bits per heavy atom. The van der Waals surface area contributed by atoms with Crippen LogP contribution in [0.1, 0.15) is 56.3 Å². The minimum atomic E-state index is -5.18. The Balaban J connectivity index is 1.76. The Hall–Kier alpha value is -3.41. The van der Waals surface area contributed by atoms with Gasteiger partial charge in [-0.3, -0.25) is 4.79 Å². The molecule has 3 aliphatic rings. The normalized spacial score (nSPS) is 28.3. The molecule has 51 heavy (non-hydrogen) atoms. The molecule has 0 spiro atoms. The van der Waals surface area contributed by atoms with Gasteiger partial charge in [-0.05, 0) is 61.6 Å². The number of hydrogen-bond donors (Lipinski definition) is 8. The zero-order valence-corrected chi connectivity index (χ0v) is 27.3. The van der Waals surface area contributed by atoms with Crippen LogP contribution in [0, 0.1) is 11.8 Å². The number of alkyl halides is 6. The first-order valence-corrected chi connectivity index (χ1v) is 15.3. The quantitative estimate of drug-likeness (QED) is 0.162. The van der Waals surface area contributed by atoms with Crippen LogP contribution in [-0.2, 0) is 17.1 Å². The van der Waals surface area contributed by atoms with E-state index in [2.05, 4.69) is 0 Å². The number of carbonyl (C=O) groups excluding carboxylic acids is 2. The van der Waals surface area contributed by atoms with Gasteiger partial charge in [0.05, 0.1) is 17.2 Å². The summed E-state index contributed by atoms with van der Waals surface area (Å²) in [6, 6.07) is -4.62. The number of amides is 3. The fraction of sp³-hybridized carbons (Fsp3) is 0.600. The lowest BCUT2D eigenvalue weighted by Gasteiger charge is -2.63. The summed E-state index contributed by atoms with van der Waals surface area (Å²) in [6.07, 6.45) is -8.11. The summed E-state index contributed by atoms with van der Waals surface area (Å²) >= 11 is 0. The van der Waals surface area contributed by atoms with E-state index in [9.17, 15) is 81.2 Å². The lowest BCUT2D eigenvalue weighted by atomic mass is 9.77. The number of nitrogens with zero attached hydrogens (tertiary/aromatic N) is 4. The van der Waals surface area contributed by atoms with Gasteiger partial charge in [0.2, 0.25) is 5.91 Å². The van der Waals surface area contributed by atoms with Gasteiger partial charge in [-0.15, -0.1) is 0 Å². The molecule has 5 unspecified atom stereocenters. The largest absolute Gasteiger partial charge is 0.416 e. The maximum absolute atomic E-state index is 14.2. The molecule has 1 aromatic rings. The minimum Gasteiger partial charge on any atom is -0.347 e. The lowest BCUT2D eigenvalue weighted by molar-refractivity contribution is -0.604. The first-order chi connectivity index (χ1) is 23.0. The topological polar surface area (TPSA) is 209 Å². The van der Waals surface area contributed by atoms with Crippen molar-refractivity contribution in [3.05, 3.63) is 58.9 Å². The van der Waals surface area contributed by atoms with Gasteiger partial charge in [0.25, 0.3) is 0 Å². The second kappa shape index (κ2) is 12.9. The standard InChI is InChI=1S/C30H37F7N4O10/c1-14-9-20(31)5-6-22(14)23-13-21(41-29(48,49)27(44,45)40(16(3)42)28(46,47)30(41,50)51)7-8-39(23)24(43)38(4)15(2)17-10-18(25(32,33)34)12-19(11-17)26(35,36)37/h5-6,9-12,14-15,21-23,44-51H,7-8,13H2,1-4H3. The molecule has 3 amide bonds. The molecule has 0 bridgehead atoms. The first-order valence-electron chi connectivity index (χ1n) is 15.3. The van der Waals surface area contributed by atoms with E-state index in [4.69, 9.17) is 0 Å². The molecule has 286 valence electrons. The number of piperidine rings is 1. The zero-order chi connectivity index (χ0) is 39.0. The number of halogens is 7. The zero-order valence-electron chi connectivity index (χ0n) is 27.3. The molecule has 0 aromatic heterocycles. The highest BCUT2D eigenvalue weighted by Gasteiger charge is 2.79. The smallest absolute Gasteiger partial charge is 0.347 e. The minimum absolute atomic E-state index is 0.0793. The molecular weight excluding hydrogens is 709 g/mol. The van der Waals surface area contributed by atoms with Crippen molar-refractivity contribution in [3.63, 3.8) is 0 Å². The van der Waals surface area contributed by atoms with Gasteiger partial charge in [0.1, 0.15) is 5.83 Å². The molecule has 14 nitrogen and oxygen atoms in total. The summed E-state index contributed by atoms with van der Waals surface area (Å²) in [5, 5.41) is 86.2. The third-order valence-corrected chi connectivity index (χ3v) is 9.66. The Morgan fingerprint density at radius 3 is 1.80 bits per heavy atom. The number of aliphatic hydroxyl groups is 8. The van der Waals surface area contributed by atoms with Gasteiger partial charge in [-0.2, -0.15) is 31.2 Å². The van der Waals surface area contributed by atoms with Gasteiger partial charge in [0, 0.05) is 38.5 Å². The number of piperazine rings is 1. The van der Waals surface area contributed by atoms with Crippen molar-refractivity contribution in [2.75, 3.05) is 13.6 Å². The van der Waals surface area contributed by atoms with Crippen molar-refractivity contribution in [1.82, 2.24) is 19.6 Å². The van der Waals surface area contributed by atoms with Gasteiger partial charge in [-0.25, -0.2) is 14.1 Å². The third kappa shape index (κ3) is 6.81. The fourth-order valence-corrected chi connectivity index (χ4v) is 6.91. The third-order valence-electron chi connectivity index (χ3n) is 9.66. The first kappa shape index (κ1) is 40.4. The molecular formula is C30H37F7N4O10. The van der Waals surface area contributed by atoms with Crippen molar-refractivity contribution in [2.24, 2.45) is 11.8 Å². The van der Waals surface area contributed by atoms with Crippen molar-refractivity contribution in [1.29, 1.82) is 0 Å². The molecule has 2 fully saturated rings. The molecule has 4 rings (SSSR count). The molecule has 1 aromatic carbocycles. The van der Waals surface area contributed by atoms with E-state index in [1.165, 1.54) is 13.0 Å². The van der Waals surface area contributed by atoms with Crippen LogP contribution in [0.15, 0.2) is 42.3 Å². The Kier molecular flexibility index (Phi) is 10.2. The Morgan fingerprint density at radius 2 is 1.37 bits per heavy atom. The van der Waals surface area contributed by atoms with E-state index in [1.807, 2.05) is 0 Å². The van der Waals surface area contributed by atoms with E-state index < -0.39 is 125 Å². The van der Waals surface area contributed by atoms with Crippen LogP contribution < -0.4 is 0 Å². The molecule has 2 aliphatic heterocycles. The fourth-order valence-electron chi connectivity index (χ4n) is 6.91. The highest BCUT2D eigenvalue weighted by atomic mass is 19.4. The summed E-state index contributed by atoms with van der Waals surface area (Å²) in [5.74, 6) is -21.2. The van der Waals surface area contributed by atoms with E-state index >= 15 is 0 Å². The van der Waals surface area contributed by atoms with Crippen LogP contribution in [0.25, 0.3) is 0 Å². The Bertz CT molecular complexity index is 1540. The molecule has 5 atom stereocenters. The highest BCUT2D eigenvalue weighted by Crippen LogP contribution is 2.48. The number of likely N-dealkylation sites (tertiary alicyclic amines) is 1. The van der Waals surface area contributed by atoms with Crippen LogP contribution >= 0.6 is 0 Å². The number of rotatable bonds is 4. The van der Waals surface area contributed by atoms with Crippen LogP contribution in [0.2, 0.25) is 0 Å². The van der Waals surface area contributed by atoms with Crippen molar-refractivity contribution in [3.8, 4) is 0 Å². The van der Waals surface area contributed by atoms with Gasteiger partial charge < -0.3 is 50.7 Å². The second-order valence-corrected chi connectivity index (χ2v) is 13.0. The lowest BCUT2D eigenvalue weighted by Crippen LogP contribution is -2.92. The number of urea groups is 1. The maximum atomic E-state index is 14.2. The molecule has 1 aliphatic carbocycles. The number of carbonyl (C=O) groups is 2. The summed E-state index contributed by atoms with van der Waals surface area (Å²) in [6.45, 7) is 2.63. The number of hydrogen-bond acceptors (Lipinski definition) is 11. The van der Waals surface area contributed by atoms with Crippen molar-refractivity contribution >= 4 is 11.9 Å². The summed E-state index contributed by atoms with van der Waals surface area (Å²) < 4.78 is 95.6. The number of benzene rings is 1. The predicted molar refractivity (Wildman–Crippen MR) is 156 cm³/mol. The summed E-state index contributed by atoms with van der Waals surface area (Å²) in [5.41, 5.74) is -3.79. The summed E-state index contributed by atoms with van der Waals surface area (Å²) in [4.78, 5) is 26.9. The van der Waals surface area contributed by atoms with Crippen LogP contribution in [0.4, 0.5) is 35.5 Å². The monoisotopic (exact) mass is 746 g/mol. The second-order valence-electron chi connectivity index (χ2n) is 13.0.